The molecule has 1 atom stereocenters. The molecule has 0 spiro atoms. The van der Waals surface area contributed by atoms with Gasteiger partial charge in [0.2, 0.25) is 17.8 Å². The van der Waals surface area contributed by atoms with Crippen LogP contribution in [0.5, 0.6) is 0 Å². The van der Waals surface area contributed by atoms with E-state index in [4.69, 9.17) is 4.74 Å². The van der Waals surface area contributed by atoms with Crippen molar-refractivity contribution in [2.75, 3.05) is 49.4 Å². The molecule has 20 heavy (non-hydrogen) atoms. The van der Waals surface area contributed by atoms with Crippen LogP contribution in [0, 0.1) is 0 Å². The Bertz CT molecular complexity index is 421. The van der Waals surface area contributed by atoms with Crippen molar-refractivity contribution in [3.63, 3.8) is 0 Å². The molecule has 7 heteroatoms. The molecule has 1 aliphatic heterocycles. The Hall–Kier alpha value is -1.63. The van der Waals surface area contributed by atoms with Crippen molar-refractivity contribution in [3.8, 4) is 0 Å². The molecular weight excluding hydrogens is 256 g/mol. The van der Waals surface area contributed by atoms with Crippen LogP contribution in [-0.4, -0.2) is 54.8 Å². The summed E-state index contributed by atoms with van der Waals surface area (Å²) in [5.74, 6) is 1.93. The van der Waals surface area contributed by atoms with E-state index >= 15 is 0 Å². The van der Waals surface area contributed by atoms with Gasteiger partial charge in [0, 0.05) is 33.3 Å². The summed E-state index contributed by atoms with van der Waals surface area (Å²) in [6.07, 6.45) is 3.68. The predicted octanol–water partition coefficient (Wildman–Crippen LogP) is 1.35. The lowest BCUT2D eigenvalue weighted by Gasteiger charge is -2.27. The first-order chi connectivity index (χ1) is 9.72. The van der Waals surface area contributed by atoms with Crippen LogP contribution in [-0.2, 0) is 4.74 Å². The summed E-state index contributed by atoms with van der Waals surface area (Å²) < 4.78 is 5.12. The normalized spacial score (nSPS) is 16.9. The number of nitrogens with zero attached hydrogens (tertiary/aromatic N) is 4. The van der Waals surface area contributed by atoms with Crippen molar-refractivity contribution in [2.24, 2.45) is 0 Å². The molecule has 1 unspecified atom stereocenters. The number of aromatic nitrogens is 3. The topological polar surface area (TPSA) is 75.2 Å². The van der Waals surface area contributed by atoms with Gasteiger partial charge in [-0.3, -0.25) is 0 Å². The van der Waals surface area contributed by atoms with Crippen LogP contribution in [0.3, 0.4) is 0 Å². The summed E-state index contributed by atoms with van der Waals surface area (Å²) in [5.41, 5.74) is 0. The molecule has 1 aliphatic rings. The number of hydrogen-bond acceptors (Lipinski definition) is 7. The number of rotatable bonds is 6. The van der Waals surface area contributed by atoms with E-state index in [0.29, 0.717) is 18.5 Å². The van der Waals surface area contributed by atoms with Crippen LogP contribution in [0.4, 0.5) is 17.8 Å². The van der Waals surface area contributed by atoms with Gasteiger partial charge in [0.15, 0.2) is 0 Å². The molecular formula is C13H24N6O. The van der Waals surface area contributed by atoms with Crippen molar-refractivity contribution < 1.29 is 4.74 Å². The maximum Gasteiger partial charge on any atom is 0.231 e. The fourth-order valence-electron chi connectivity index (χ4n) is 2.29. The Morgan fingerprint density at radius 1 is 1.15 bits per heavy atom. The van der Waals surface area contributed by atoms with Crippen LogP contribution in [0.25, 0.3) is 0 Å². The second-order valence-corrected chi connectivity index (χ2v) is 5.08. The first-order valence-electron chi connectivity index (χ1n) is 7.17. The zero-order valence-electron chi connectivity index (χ0n) is 12.5. The lowest BCUT2D eigenvalue weighted by Crippen LogP contribution is -2.32. The molecule has 0 aliphatic carbocycles. The molecule has 1 fully saturated rings. The Morgan fingerprint density at radius 2 is 1.85 bits per heavy atom. The van der Waals surface area contributed by atoms with Gasteiger partial charge in [-0.05, 0) is 26.2 Å². The number of hydrogen-bond donors (Lipinski definition) is 2. The van der Waals surface area contributed by atoms with Crippen molar-refractivity contribution >= 4 is 17.8 Å². The number of piperidine rings is 1. The zero-order valence-corrected chi connectivity index (χ0v) is 12.5. The van der Waals surface area contributed by atoms with Crippen molar-refractivity contribution in [3.05, 3.63) is 0 Å². The second kappa shape index (κ2) is 7.23. The highest BCUT2D eigenvalue weighted by Crippen LogP contribution is 2.18. The van der Waals surface area contributed by atoms with Gasteiger partial charge >= 0.3 is 0 Å². The highest BCUT2D eigenvalue weighted by atomic mass is 16.5. The van der Waals surface area contributed by atoms with Crippen LogP contribution < -0.4 is 15.5 Å². The number of nitrogens with one attached hydrogen (secondary N) is 2. The summed E-state index contributed by atoms with van der Waals surface area (Å²) in [5, 5.41) is 6.24. The maximum absolute atomic E-state index is 5.12. The Balaban J connectivity index is 2.14. The fourth-order valence-corrected chi connectivity index (χ4v) is 2.29. The van der Waals surface area contributed by atoms with E-state index < -0.39 is 0 Å². The minimum absolute atomic E-state index is 0.154. The third-order valence-corrected chi connectivity index (χ3v) is 3.28. The number of ether oxygens (including phenoxy) is 1. The molecule has 0 amide bonds. The summed E-state index contributed by atoms with van der Waals surface area (Å²) in [4.78, 5) is 15.5. The molecule has 1 aromatic heterocycles. The van der Waals surface area contributed by atoms with E-state index in [1.807, 2.05) is 14.0 Å². The van der Waals surface area contributed by atoms with Gasteiger partial charge < -0.3 is 20.3 Å². The van der Waals surface area contributed by atoms with E-state index in [1.54, 1.807) is 7.11 Å². The van der Waals surface area contributed by atoms with E-state index in [2.05, 4.69) is 30.5 Å². The molecule has 0 radical (unpaired) electrons. The molecule has 2 heterocycles. The van der Waals surface area contributed by atoms with Gasteiger partial charge in [-0.15, -0.1) is 0 Å². The average molecular weight is 280 g/mol. The van der Waals surface area contributed by atoms with Crippen LogP contribution in [0.1, 0.15) is 26.2 Å². The van der Waals surface area contributed by atoms with Crippen LogP contribution in [0.2, 0.25) is 0 Å². The minimum atomic E-state index is 0.154. The highest BCUT2D eigenvalue weighted by Gasteiger charge is 2.16. The van der Waals surface area contributed by atoms with E-state index in [9.17, 15) is 0 Å². The SMILES string of the molecule is CNc1nc(NC(C)COC)nc(N2CCCCC2)n1. The van der Waals surface area contributed by atoms with Crippen LogP contribution >= 0.6 is 0 Å². The molecule has 2 N–H and O–H groups in total. The smallest absolute Gasteiger partial charge is 0.231 e. The zero-order chi connectivity index (χ0) is 14.4. The molecule has 0 saturated carbocycles. The Morgan fingerprint density at radius 3 is 2.50 bits per heavy atom. The third-order valence-electron chi connectivity index (χ3n) is 3.28. The standard InChI is InChI=1S/C13H24N6O/c1-10(9-20-3)15-12-16-11(14-2)17-13(18-12)19-7-5-4-6-8-19/h10H,4-9H2,1-3H3,(H2,14,15,16,17,18). The summed E-state index contributed by atoms with van der Waals surface area (Å²) >= 11 is 0. The maximum atomic E-state index is 5.12. The predicted molar refractivity (Wildman–Crippen MR) is 80.4 cm³/mol. The Labute approximate surface area is 120 Å². The fraction of sp³-hybridized carbons (Fsp3) is 0.769. The first-order valence-corrected chi connectivity index (χ1v) is 7.17. The van der Waals surface area contributed by atoms with E-state index in [1.165, 1.54) is 19.3 Å². The summed E-state index contributed by atoms with van der Waals surface area (Å²) in [7, 11) is 3.50. The van der Waals surface area contributed by atoms with E-state index in [-0.39, 0.29) is 6.04 Å². The van der Waals surface area contributed by atoms with Gasteiger partial charge in [0.1, 0.15) is 0 Å². The second-order valence-electron chi connectivity index (χ2n) is 5.08. The van der Waals surface area contributed by atoms with Crippen molar-refractivity contribution in [1.82, 2.24) is 15.0 Å². The van der Waals surface area contributed by atoms with E-state index in [0.717, 1.165) is 19.0 Å². The molecule has 0 aromatic carbocycles. The first kappa shape index (κ1) is 14.8. The molecule has 112 valence electrons. The lowest BCUT2D eigenvalue weighted by molar-refractivity contribution is 0.190. The largest absolute Gasteiger partial charge is 0.383 e. The molecule has 1 saturated heterocycles. The van der Waals surface area contributed by atoms with Crippen molar-refractivity contribution in [2.45, 2.75) is 32.2 Å². The summed E-state index contributed by atoms with van der Waals surface area (Å²) in [6, 6.07) is 0.154. The molecule has 0 bridgehead atoms. The van der Waals surface area contributed by atoms with Gasteiger partial charge in [0.05, 0.1) is 6.61 Å². The third kappa shape index (κ3) is 3.93. The molecule has 1 aromatic rings. The average Bonchev–Trinajstić information content (AvgIpc) is 2.48. The van der Waals surface area contributed by atoms with Gasteiger partial charge in [-0.2, -0.15) is 15.0 Å². The molecule has 7 nitrogen and oxygen atoms in total. The van der Waals surface area contributed by atoms with Gasteiger partial charge in [-0.1, -0.05) is 0 Å². The number of methoxy groups -OCH3 is 1. The van der Waals surface area contributed by atoms with Crippen molar-refractivity contribution in [1.29, 1.82) is 0 Å². The Kier molecular flexibility index (Phi) is 5.34. The lowest BCUT2D eigenvalue weighted by atomic mass is 10.1. The van der Waals surface area contributed by atoms with Crippen LogP contribution in [0.15, 0.2) is 0 Å². The monoisotopic (exact) mass is 280 g/mol. The quantitative estimate of drug-likeness (QED) is 0.814. The van der Waals surface area contributed by atoms with Gasteiger partial charge in [0.25, 0.3) is 0 Å². The number of anilines is 3. The van der Waals surface area contributed by atoms with Gasteiger partial charge in [-0.25, -0.2) is 0 Å². The highest BCUT2D eigenvalue weighted by molar-refractivity contribution is 5.44. The molecule has 2 rings (SSSR count). The minimum Gasteiger partial charge on any atom is -0.383 e. The summed E-state index contributed by atoms with van der Waals surface area (Å²) in [6.45, 7) is 4.67.